The molecule has 0 aliphatic rings. The van der Waals surface area contributed by atoms with Gasteiger partial charge in [-0.3, -0.25) is 35.1 Å². The Bertz CT molecular complexity index is 1780. The molecule has 1 aromatic heterocycles. The van der Waals surface area contributed by atoms with Crippen LogP contribution in [0.3, 0.4) is 0 Å². The maximum atomic E-state index is 13.9. The van der Waals surface area contributed by atoms with E-state index in [4.69, 9.17) is 13.9 Å². The van der Waals surface area contributed by atoms with Gasteiger partial charge in [-0.2, -0.15) is 13.2 Å². The largest absolute Gasteiger partial charge is 0.453 e. The number of alkyl halides is 3. The molecule has 41 heavy (non-hydrogen) atoms. The maximum absolute atomic E-state index is 13.9. The number of rotatable bonds is 7. The quantitative estimate of drug-likeness (QED) is 0.111. The Hall–Kier alpha value is -5.87. The number of aryl methyl sites for hydroxylation is 1. The molecule has 17 heteroatoms. The minimum atomic E-state index is -5.26. The van der Waals surface area contributed by atoms with Crippen molar-refractivity contribution in [3.05, 3.63) is 112 Å². The first-order valence-electron chi connectivity index (χ1n) is 10.9. The summed E-state index contributed by atoms with van der Waals surface area (Å²) in [4.78, 5) is 56.0. The number of hydrogen-bond acceptors (Lipinski definition) is 11. The van der Waals surface area contributed by atoms with E-state index in [2.05, 4.69) is 0 Å². The number of carbonyl (C=O) groups is 1. The first-order valence-corrected chi connectivity index (χ1v) is 10.9. The fraction of sp³-hybridized carbons (Fsp3) is 0.0833. The molecular weight excluding hydrogens is 563 g/mol. The molecule has 0 unspecified atom stereocenters. The Labute approximate surface area is 223 Å². The molecule has 14 nitrogen and oxygen atoms in total. The molecule has 0 saturated heterocycles. The molecular formula is C24H12F3N3O11. The van der Waals surface area contributed by atoms with Crippen LogP contribution in [0.5, 0.6) is 17.2 Å². The number of halogens is 3. The first kappa shape index (κ1) is 28.1. The van der Waals surface area contributed by atoms with E-state index in [1.165, 1.54) is 0 Å². The van der Waals surface area contributed by atoms with Gasteiger partial charge in [-0.15, -0.1) is 0 Å². The second-order valence-corrected chi connectivity index (χ2v) is 8.15. The van der Waals surface area contributed by atoms with E-state index < -0.39 is 77.5 Å². The van der Waals surface area contributed by atoms with Crippen molar-refractivity contribution in [1.29, 1.82) is 0 Å². The van der Waals surface area contributed by atoms with E-state index in [1.807, 2.05) is 0 Å². The van der Waals surface area contributed by atoms with Gasteiger partial charge in [0.05, 0.1) is 31.8 Å². The number of esters is 1. The smallest absolute Gasteiger partial charge is 0.449 e. The van der Waals surface area contributed by atoms with Gasteiger partial charge in [0.25, 0.3) is 22.8 Å². The molecule has 4 rings (SSSR count). The summed E-state index contributed by atoms with van der Waals surface area (Å²) in [5, 5.41) is 32.6. The van der Waals surface area contributed by atoms with Crippen LogP contribution >= 0.6 is 0 Å². The molecule has 0 aliphatic heterocycles. The number of nitro benzene ring substituents is 3. The fourth-order valence-corrected chi connectivity index (χ4v) is 3.58. The maximum Gasteiger partial charge on any atom is 0.453 e. The Balaban J connectivity index is 1.78. The van der Waals surface area contributed by atoms with E-state index >= 15 is 0 Å². The van der Waals surface area contributed by atoms with Crippen LogP contribution in [0, 0.1) is 37.3 Å². The van der Waals surface area contributed by atoms with Gasteiger partial charge in [-0.25, -0.2) is 4.79 Å². The molecule has 0 N–H and O–H groups in total. The summed E-state index contributed by atoms with van der Waals surface area (Å²) >= 11 is 0. The lowest BCUT2D eigenvalue weighted by atomic mass is 10.1. The molecule has 0 radical (unpaired) electrons. The summed E-state index contributed by atoms with van der Waals surface area (Å²) in [7, 11) is 0. The van der Waals surface area contributed by atoms with Gasteiger partial charge >= 0.3 is 12.1 Å². The molecule has 0 bridgehead atoms. The summed E-state index contributed by atoms with van der Waals surface area (Å²) in [6.07, 6.45) is -5.26. The second-order valence-electron chi connectivity index (χ2n) is 8.15. The standard InChI is InChI=1S/C24H12F3N3O11/c1-11-18(40-23(32)12-8-14(29(35)36)10-15(9-12)30(37)38)7-6-17-19(31)21(22(24(25,26)27)41-20(11)17)39-16-4-2-13(3-5-16)28(33)34/h2-10H,1H3. The molecule has 0 aliphatic carbocycles. The number of nitrogens with zero attached hydrogens (tertiary/aromatic N) is 3. The number of fused-ring (bicyclic) bond motifs is 1. The van der Waals surface area contributed by atoms with Crippen molar-refractivity contribution < 1.29 is 46.6 Å². The Morgan fingerprint density at radius 2 is 1.41 bits per heavy atom. The van der Waals surface area contributed by atoms with Gasteiger partial charge < -0.3 is 13.9 Å². The van der Waals surface area contributed by atoms with E-state index in [1.54, 1.807) is 0 Å². The van der Waals surface area contributed by atoms with Crippen LogP contribution < -0.4 is 14.9 Å². The normalized spacial score (nSPS) is 11.2. The second kappa shape index (κ2) is 10.4. The molecule has 0 fully saturated rings. The monoisotopic (exact) mass is 575 g/mol. The van der Waals surface area contributed by atoms with E-state index in [0.717, 1.165) is 43.3 Å². The highest BCUT2D eigenvalue weighted by molar-refractivity contribution is 5.94. The van der Waals surface area contributed by atoms with Crippen LogP contribution in [0.2, 0.25) is 0 Å². The van der Waals surface area contributed by atoms with Crippen LogP contribution in [-0.2, 0) is 6.18 Å². The highest BCUT2D eigenvalue weighted by Gasteiger charge is 2.41. The van der Waals surface area contributed by atoms with Crippen molar-refractivity contribution in [2.45, 2.75) is 13.1 Å². The third kappa shape index (κ3) is 5.63. The number of carbonyl (C=O) groups excluding carboxylic acids is 1. The van der Waals surface area contributed by atoms with Crippen LogP contribution in [0.1, 0.15) is 21.7 Å². The van der Waals surface area contributed by atoms with Crippen molar-refractivity contribution in [3.63, 3.8) is 0 Å². The average molecular weight is 575 g/mol. The lowest BCUT2D eigenvalue weighted by molar-refractivity contribution is -0.394. The zero-order chi connectivity index (χ0) is 30.2. The van der Waals surface area contributed by atoms with Crippen molar-refractivity contribution >= 4 is 34.0 Å². The minimum Gasteiger partial charge on any atom is -0.449 e. The van der Waals surface area contributed by atoms with Gasteiger partial charge in [0, 0.05) is 29.8 Å². The number of ether oxygens (including phenoxy) is 2. The van der Waals surface area contributed by atoms with Crippen LogP contribution in [-0.4, -0.2) is 20.7 Å². The third-order valence-corrected chi connectivity index (χ3v) is 5.50. The summed E-state index contributed by atoms with van der Waals surface area (Å²) in [6, 6.07) is 7.88. The summed E-state index contributed by atoms with van der Waals surface area (Å²) in [5.41, 5.74) is -4.74. The van der Waals surface area contributed by atoms with Gasteiger partial charge in [0.15, 0.2) is 0 Å². The van der Waals surface area contributed by atoms with E-state index in [-0.39, 0.29) is 17.0 Å². The minimum absolute atomic E-state index is 0.264. The molecule has 1 heterocycles. The summed E-state index contributed by atoms with van der Waals surface area (Å²) < 4.78 is 56.9. The van der Waals surface area contributed by atoms with Gasteiger partial charge in [-0.1, -0.05) is 0 Å². The number of benzene rings is 3. The SMILES string of the molecule is Cc1c(OC(=O)c2cc([N+](=O)[O-])cc([N+](=O)[O-])c2)ccc2c(=O)c(Oc3ccc([N+](=O)[O-])cc3)c(C(F)(F)F)oc12. The highest BCUT2D eigenvalue weighted by atomic mass is 19.4. The topological polar surface area (TPSA) is 195 Å². The molecule has 210 valence electrons. The Morgan fingerprint density at radius 3 is 1.93 bits per heavy atom. The molecule has 3 aromatic carbocycles. The van der Waals surface area contributed by atoms with Crippen LogP contribution in [0.25, 0.3) is 11.0 Å². The number of hydrogen-bond donors (Lipinski definition) is 0. The van der Waals surface area contributed by atoms with Gasteiger partial charge in [0.1, 0.15) is 17.1 Å². The molecule has 0 saturated carbocycles. The molecule has 0 atom stereocenters. The predicted octanol–water partition coefficient (Wildman–Crippen LogP) is 5.86. The van der Waals surface area contributed by atoms with Gasteiger partial charge in [-0.05, 0) is 31.2 Å². The lowest BCUT2D eigenvalue weighted by Gasteiger charge is -2.15. The number of non-ortho nitro benzene ring substituents is 3. The van der Waals surface area contributed by atoms with Crippen molar-refractivity contribution in [2.75, 3.05) is 0 Å². The summed E-state index contributed by atoms with van der Waals surface area (Å²) in [6.45, 7) is 1.15. The number of nitro groups is 3. The molecule has 0 spiro atoms. The first-order chi connectivity index (χ1) is 19.2. The molecule has 0 amide bonds. The average Bonchev–Trinajstić information content (AvgIpc) is 2.91. The fourth-order valence-electron chi connectivity index (χ4n) is 3.58. The predicted molar refractivity (Wildman–Crippen MR) is 130 cm³/mol. The Morgan fingerprint density at radius 1 is 0.854 bits per heavy atom. The van der Waals surface area contributed by atoms with Crippen LogP contribution in [0.4, 0.5) is 30.2 Å². The Kier molecular flexibility index (Phi) is 7.11. The highest BCUT2D eigenvalue weighted by Crippen LogP contribution is 2.40. The third-order valence-electron chi connectivity index (χ3n) is 5.50. The van der Waals surface area contributed by atoms with Crippen molar-refractivity contribution in [2.24, 2.45) is 0 Å². The van der Waals surface area contributed by atoms with Gasteiger partial charge in [0.2, 0.25) is 11.2 Å². The van der Waals surface area contributed by atoms with E-state index in [0.29, 0.717) is 18.2 Å². The zero-order valence-electron chi connectivity index (χ0n) is 20.2. The van der Waals surface area contributed by atoms with Crippen molar-refractivity contribution in [3.8, 4) is 17.2 Å². The van der Waals surface area contributed by atoms with Crippen molar-refractivity contribution in [1.82, 2.24) is 0 Å². The van der Waals surface area contributed by atoms with Crippen LogP contribution in [0.15, 0.2) is 63.8 Å². The summed E-state index contributed by atoms with van der Waals surface area (Å²) in [5.74, 6) is -5.19. The molecule has 4 aromatic rings. The van der Waals surface area contributed by atoms with E-state index in [9.17, 15) is 53.1 Å². The lowest BCUT2D eigenvalue weighted by Crippen LogP contribution is -2.16. The zero-order valence-corrected chi connectivity index (χ0v) is 20.2.